The zero-order chi connectivity index (χ0) is 20.7. The number of nitro groups is 1. The molecule has 144 valence electrons. The van der Waals surface area contributed by atoms with E-state index in [1.54, 1.807) is 6.07 Å². The number of non-ortho nitro benzene ring substituents is 1. The van der Waals surface area contributed by atoms with Crippen LogP contribution in [0.15, 0.2) is 53.0 Å². The number of aromatic nitrogens is 3. The third-order valence-corrected chi connectivity index (χ3v) is 4.80. The van der Waals surface area contributed by atoms with Crippen LogP contribution in [0.1, 0.15) is 10.4 Å². The molecule has 0 saturated heterocycles. The number of halogens is 2. The van der Waals surface area contributed by atoms with Crippen molar-refractivity contribution in [1.82, 2.24) is 15.2 Å². The highest BCUT2D eigenvalue weighted by Crippen LogP contribution is 2.34. The molecule has 0 bridgehead atoms. The number of carbonyl (C=O) groups is 1. The van der Waals surface area contributed by atoms with Crippen LogP contribution in [0.2, 0.25) is 0 Å². The van der Waals surface area contributed by atoms with Gasteiger partial charge >= 0.3 is 5.97 Å². The number of nitrogens with one attached hydrogen (secondary N) is 1. The van der Waals surface area contributed by atoms with E-state index in [1.165, 1.54) is 42.5 Å². The van der Waals surface area contributed by atoms with E-state index in [1.807, 2.05) is 0 Å². The summed E-state index contributed by atoms with van der Waals surface area (Å²) in [6.45, 7) is 0. The average molecular weight is 457 g/mol. The number of hydrogen-bond donors (Lipinski definition) is 2. The van der Waals surface area contributed by atoms with Crippen molar-refractivity contribution in [2.45, 2.75) is 0 Å². The molecule has 2 N–H and O–H groups in total. The number of benzene rings is 2. The largest absolute Gasteiger partial charge is 0.478 e. The molecule has 10 heteroatoms. The third kappa shape index (κ3) is 3.34. The molecule has 4 aromatic rings. The van der Waals surface area contributed by atoms with Gasteiger partial charge < -0.3 is 5.11 Å². The summed E-state index contributed by atoms with van der Waals surface area (Å²) in [5.41, 5.74) is 0.625. The molecule has 0 spiro atoms. The minimum atomic E-state index is -1.26. The zero-order valence-corrected chi connectivity index (χ0v) is 16.0. The number of aromatic amines is 1. The van der Waals surface area contributed by atoms with Crippen molar-refractivity contribution in [2.24, 2.45) is 0 Å². The zero-order valence-electron chi connectivity index (χ0n) is 14.4. The molecule has 0 aliphatic carbocycles. The van der Waals surface area contributed by atoms with Gasteiger partial charge in [0.05, 0.1) is 27.3 Å². The second-order valence-electron chi connectivity index (χ2n) is 6.09. The van der Waals surface area contributed by atoms with E-state index in [0.29, 0.717) is 10.0 Å². The minimum Gasteiger partial charge on any atom is -0.478 e. The molecule has 0 unspecified atom stereocenters. The maximum absolute atomic E-state index is 14.3. The van der Waals surface area contributed by atoms with Crippen molar-refractivity contribution >= 4 is 38.6 Å². The van der Waals surface area contributed by atoms with Crippen LogP contribution in [0.5, 0.6) is 0 Å². The summed E-state index contributed by atoms with van der Waals surface area (Å²) in [4.78, 5) is 26.7. The van der Waals surface area contributed by atoms with Gasteiger partial charge in [0.2, 0.25) is 0 Å². The lowest BCUT2D eigenvalue weighted by Gasteiger charge is -2.07. The van der Waals surface area contributed by atoms with Gasteiger partial charge in [0, 0.05) is 27.7 Å². The smallest absolute Gasteiger partial charge is 0.336 e. The number of carboxylic acids is 1. The highest BCUT2D eigenvalue weighted by molar-refractivity contribution is 9.10. The van der Waals surface area contributed by atoms with Crippen LogP contribution in [-0.2, 0) is 0 Å². The summed E-state index contributed by atoms with van der Waals surface area (Å²) >= 11 is 3.26. The molecule has 0 aliphatic heterocycles. The van der Waals surface area contributed by atoms with Crippen LogP contribution < -0.4 is 0 Å². The highest BCUT2D eigenvalue weighted by atomic mass is 79.9. The van der Waals surface area contributed by atoms with E-state index in [2.05, 4.69) is 31.1 Å². The Hall–Kier alpha value is -3.66. The lowest BCUT2D eigenvalue weighted by molar-refractivity contribution is -0.384. The number of rotatable bonds is 4. The molecule has 0 radical (unpaired) electrons. The summed E-state index contributed by atoms with van der Waals surface area (Å²) in [6, 6.07) is 11.2. The molecule has 2 heterocycles. The van der Waals surface area contributed by atoms with Gasteiger partial charge in [-0.1, -0.05) is 28.1 Å². The van der Waals surface area contributed by atoms with E-state index in [4.69, 9.17) is 0 Å². The molecule has 0 amide bonds. The maximum atomic E-state index is 14.3. The first-order chi connectivity index (χ1) is 13.8. The van der Waals surface area contributed by atoms with Crippen LogP contribution in [0.25, 0.3) is 33.5 Å². The van der Waals surface area contributed by atoms with Gasteiger partial charge in [-0.05, 0) is 24.3 Å². The number of aromatic carboxylic acids is 1. The van der Waals surface area contributed by atoms with Gasteiger partial charge in [-0.3, -0.25) is 15.2 Å². The Morgan fingerprint density at radius 1 is 1.21 bits per heavy atom. The predicted molar refractivity (Wildman–Crippen MR) is 106 cm³/mol. The number of pyridine rings is 1. The monoisotopic (exact) mass is 456 g/mol. The molecule has 8 nitrogen and oxygen atoms in total. The number of H-pyrrole nitrogens is 1. The summed E-state index contributed by atoms with van der Waals surface area (Å²) < 4.78 is 14.9. The van der Waals surface area contributed by atoms with Crippen LogP contribution in [-0.4, -0.2) is 31.2 Å². The Labute approximate surface area is 170 Å². The average Bonchev–Trinajstić information content (AvgIpc) is 3.13. The van der Waals surface area contributed by atoms with Crippen molar-refractivity contribution in [3.63, 3.8) is 0 Å². The summed E-state index contributed by atoms with van der Waals surface area (Å²) in [7, 11) is 0. The molecule has 2 aromatic carbocycles. The fourth-order valence-corrected chi connectivity index (χ4v) is 3.37. The third-order valence-electron chi connectivity index (χ3n) is 4.30. The summed E-state index contributed by atoms with van der Waals surface area (Å²) in [6.07, 6.45) is 0. The topological polar surface area (TPSA) is 122 Å². The van der Waals surface area contributed by atoms with Crippen LogP contribution in [0, 0.1) is 15.9 Å². The second kappa shape index (κ2) is 7.06. The van der Waals surface area contributed by atoms with E-state index in [-0.39, 0.29) is 39.2 Å². The van der Waals surface area contributed by atoms with Crippen molar-refractivity contribution in [3.05, 3.63) is 74.5 Å². The highest BCUT2D eigenvalue weighted by Gasteiger charge is 2.21. The molecular formula is C19H10BrFN4O4. The van der Waals surface area contributed by atoms with Crippen molar-refractivity contribution < 1.29 is 19.2 Å². The van der Waals surface area contributed by atoms with Crippen LogP contribution in [0.4, 0.5) is 10.1 Å². The predicted octanol–water partition coefficient (Wildman–Crippen LogP) is 4.80. The van der Waals surface area contributed by atoms with E-state index in [0.717, 1.165) is 0 Å². The summed E-state index contributed by atoms with van der Waals surface area (Å²) in [5.74, 6) is -1.83. The lowest BCUT2D eigenvalue weighted by atomic mass is 10.0. The van der Waals surface area contributed by atoms with E-state index >= 15 is 0 Å². The number of nitrogens with zero attached hydrogens (tertiary/aromatic N) is 3. The standard InChI is InChI=1S/C19H10BrFN4O4/c20-10-4-5-14(21)12(7-10)15-8-13(19(26)27)16-17(23-24-18(16)22-15)9-2-1-3-11(6-9)25(28)29/h1-8H,(H,26,27)(H,22,23,24). The molecule has 2 aromatic heterocycles. The molecule has 0 aliphatic rings. The Morgan fingerprint density at radius 2 is 2.00 bits per heavy atom. The minimum absolute atomic E-state index is 0.0563. The number of carboxylic acid groups (broad SMARTS) is 1. The molecule has 29 heavy (non-hydrogen) atoms. The lowest BCUT2D eigenvalue weighted by Crippen LogP contribution is -2.01. The Balaban J connectivity index is 1.97. The quantitative estimate of drug-likeness (QED) is 0.335. The van der Waals surface area contributed by atoms with Gasteiger partial charge in [0.1, 0.15) is 5.82 Å². The Kier molecular flexibility index (Phi) is 4.55. The fourth-order valence-electron chi connectivity index (χ4n) is 3.01. The maximum Gasteiger partial charge on any atom is 0.336 e. The second-order valence-corrected chi connectivity index (χ2v) is 7.00. The Bertz CT molecular complexity index is 1300. The van der Waals surface area contributed by atoms with E-state index in [9.17, 15) is 24.4 Å². The van der Waals surface area contributed by atoms with Crippen molar-refractivity contribution in [2.75, 3.05) is 0 Å². The first kappa shape index (κ1) is 18.7. The van der Waals surface area contributed by atoms with Gasteiger partial charge in [0.25, 0.3) is 5.69 Å². The molecular weight excluding hydrogens is 447 g/mol. The molecule has 0 atom stereocenters. The van der Waals surface area contributed by atoms with Crippen molar-refractivity contribution in [1.29, 1.82) is 0 Å². The van der Waals surface area contributed by atoms with Crippen LogP contribution >= 0.6 is 15.9 Å². The number of hydrogen-bond acceptors (Lipinski definition) is 5. The van der Waals surface area contributed by atoms with Crippen LogP contribution in [0.3, 0.4) is 0 Å². The SMILES string of the molecule is O=C(O)c1cc(-c2cc(Br)ccc2F)nc2n[nH]c(-c3cccc([N+](=O)[O-])c3)c12. The number of nitro benzene ring substituents is 1. The van der Waals surface area contributed by atoms with Gasteiger partial charge in [-0.15, -0.1) is 0 Å². The number of fused-ring (bicyclic) bond motifs is 1. The molecule has 4 rings (SSSR count). The van der Waals surface area contributed by atoms with Gasteiger partial charge in [-0.25, -0.2) is 14.2 Å². The summed E-state index contributed by atoms with van der Waals surface area (Å²) in [5, 5.41) is 27.7. The first-order valence-corrected chi connectivity index (χ1v) is 8.97. The molecule has 0 fully saturated rings. The first-order valence-electron chi connectivity index (χ1n) is 8.18. The molecule has 0 saturated carbocycles. The Morgan fingerprint density at radius 3 is 2.72 bits per heavy atom. The normalized spacial score (nSPS) is 11.0. The van der Waals surface area contributed by atoms with Gasteiger partial charge in [-0.2, -0.15) is 5.10 Å². The van der Waals surface area contributed by atoms with Gasteiger partial charge in [0.15, 0.2) is 5.65 Å². The van der Waals surface area contributed by atoms with Crippen molar-refractivity contribution in [3.8, 4) is 22.5 Å². The van der Waals surface area contributed by atoms with E-state index < -0.39 is 16.7 Å². The fraction of sp³-hybridized carbons (Fsp3) is 0.